The Morgan fingerprint density at radius 1 is 1.39 bits per heavy atom. The lowest BCUT2D eigenvalue weighted by Crippen LogP contribution is -2.30. The summed E-state index contributed by atoms with van der Waals surface area (Å²) >= 11 is 0. The number of fused-ring (bicyclic) bond motifs is 1. The van der Waals surface area contributed by atoms with E-state index in [1.165, 1.54) is 0 Å². The van der Waals surface area contributed by atoms with Crippen LogP contribution >= 0.6 is 0 Å². The van der Waals surface area contributed by atoms with Gasteiger partial charge in [0.25, 0.3) is 5.91 Å². The Morgan fingerprint density at radius 3 is 2.75 bits per heavy atom. The highest BCUT2D eigenvalue weighted by atomic mass is 16.5. The van der Waals surface area contributed by atoms with Crippen molar-refractivity contribution in [3.05, 3.63) is 39.8 Å². The van der Waals surface area contributed by atoms with Gasteiger partial charge in [0.15, 0.2) is 5.69 Å². The lowest BCUT2D eigenvalue weighted by molar-refractivity contribution is -0.00951. The van der Waals surface area contributed by atoms with Crippen LogP contribution in [0, 0.1) is 13.8 Å². The van der Waals surface area contributed by atoms with Crippen molar-refractivity contribution >= 4 is 5.91 Å². The van der Waals surface area contributed by atoms with E-state index >= 15 is 0 Å². The van der Waals surface area contributed by atoms with Crippen molar-refractivity contribution in [2.45, 2.75) is 66.3 Å². The summed E-state index contributed by atoms with van der Waals surface area (Å²) in [6.07, 6.45) is 0.697. The molecule has 0 aliphatic carbocycles. The Labute approximate surface area is 166 Å². The number of pyridine rings is 1. The van der Waals surface area contributed by atoms with Gasteiger partial charge < -0.3 is 14.4 Å². The molecule has 0 N–H and O–H groups in total. The van der Waals surface area contributed by atoms with E-state index in [0.29, 0.717) is 31.1 Å². The van der Waals surface area contributed by atoms with E-state index in [-0.39, 0.29) is 18.1 Å². The van der Waals surface area contributed by atoms with Crippen molar-refractivity contribution in [2.75, 3.05) is 14.2 Å². The summed E-state index contributed by atoms with van der Waals surface area (Å²) in [5, 5.41) is 4.64. The zero-order valence-corrected chi connectivity index (χ0v) is 17.9. The quantitative estimate of drug-likeness (QED) is 0.789. The Morgan fingerprint density at radius 2 is 2.11 bits per heavy atom. The van der Waals surface area contributed by atoms with Gasteiger partial charge in [-0.15, -0.1) is 0 Å². The highest BCUT2D eigenvalue weighted by Gasteiger charge is 2.33. The average molecular weight is 386 g/mol. The molecule has 1 aliphatic heterocycles. The summed E-state index contributed by atoms with van der Waals surface area (Å²) < 4.78 is 13.3. The minimum atomic E-state index is -0.0909. The minimum Gasteiger partial charge on any atom is -0.481 e. The van der Waals surface area contributed by atoms with Crippen molar-refractivity contribution in [2.24, 2.45) is 0 Å². The fourth-order valence-electron chi connectivity index (χ4n) is 4.01. The van der Waals surface area contributed by atoms with Crippen LogP contribution < -0.4 is 4.74 Å². The van der Waals surface area contributed by atoms with Gasteiger partial charge in [-0.05, 0) is 46.2 Å². The Bertz CT molecular complexity index is 890. The average Bonchev–Trinajstić information content (AvgIpc) is 3.01. The number of aryl methyl sites for hydroxylation is 3. The molecule has 7 nitrogen and oxygen atoms in total. The van der Waals surface area contributed by atoms with Crippen molar-refractivity contribution < 1.29 is 14.3 Å². The molecule has 28 heavy (non-hydrogen) atoms. The van der Waals surface area contributed by atoms with Crippen molar-refractivity contribution in [1.29, 1.82) is 0 Å². The largest absolute Gasteiger partial charge is 0.481 e. The Kier molecular flexibility index (Phi) is 5.74. The molecule has 0 fully saturated rings. The first-order valence-electron chi connectivity index (χ1n) is 9.78. The summed E-state index contributed by atoms with van der Waals surface area (Å²) in [7, 11) is 3.40. The van der Waals surface area contributed by atoms with Crippen LogP contribution in [0.3, 0.4) is 0 Å². The second-order valence-corrected chi connectivity index (χ2v) is 7.55. The van der Waals surface area contributed by atoms with E-state index in [1.54, 1.807) is 19.1 Å². The summed E-state index contributed by atoms with van der Waals surface area (Å²) in [5.74, 6) is 0.473. The van der Waals surface area contributed by atoms with Crippen LogP contribution in [0.2, 0.25) is 0 Å². The molecular weight excluding hydrogens is 356 g/mol. The molecule has 0 saturated carbocycles. The third-order valence-corrected chi connectivity index (χ3v) is 5.28. The first-order valence-corrected chi connectivity index (χ1v) is 9.78. The fraction of sp³-hybridized carbons (Fsp3) is 0.571. The van der Waals surface area contributed by atoms with E-state index in [2.05, 4.69) is 10.1 Å². The molecule has 0 bridgehead atoms. The van der Waals surface area contributed by atoms with Gasteiger partial charge in [0.2, 0.25) is 5.88 Å². The molecule has 152 valence electrons. The van der Waals surface area contributed by atoms with Crippen LogP contribution in [0.1, 0.15) is 65.4 Å². The molecule has 3 rings (SSSR count). The van der Waals surface area contributed by atoms with Gasteiger partial charge in [-0.25, -0.2) is 4.98 Å². The van der Waals surface area contributed by atoms with Gasteiger partial charge in [-0.2, -0.15) is 5.10 Å². The monoisotopic (exact) mass is 386 g/mol. The number of ether oxygens (including phenoxy) is 2. The lowest BCUT2D eigenvalue weighted by Gasteiger charge is -2.27. The molecule has 0 radical (unpaired) electrons. The molecule has 3 heterocycles. The van der Waals surface area contributed by atoms with Crippen molar-refractivity contribution in [1.82, 2.24) is 19.7 Å². The van der Waals surface area contributed by atoms with Gasteiger partial charge in [0.05, 0.1) is 31.6 Å². The van der Waals surface area contributed by atoms with Crippen LogP contribution in [0.25, 0.3) is 0 Å². The first kappa shape index (κ1) is 20.3. The second kappa shape index (κ2) is 7.91. The summed E-state index contributed by atoms with van der Waals surface area (Å²) in [5.41, 5.74) is 5.42. The molecule has 7 heteroatoms. The number of rotatable bonds is 5. The van der Waals surface area contributed by atoms with Crippen LogP contribution in [-0.2, 0) is 24.2 Å². The predicted molar refractivity (Wildman–Crippen MR) is 107 cm³/mol. The van der Waals surface area contributed by atoms with Crippen LogP contribution in [0.4, 0.5) is 0 Å². The highest BCUT2D eigenvalue weighted by Crippen LogP contribution is 2.33. The number of hydrogen-bond donors (Lipinski definition) is 0. The van der Waals surface area contributed by atoms with E-state index in [0.717, 1.165) is 28.1 Å². The zero-order valence-electron chi connectivity index (χ0n) is 17.9. The smallest absolute Gasteiger partial charge is 0.274 e. The van der Waals surface area contributed by atoms with Gasteiger partial charge in [-0.3, -0.25) is 9.48 Å². The molecule has 2 atom stereocenters. The molecule has 2 aromatic heterocycles. The second-order valence-electron chi connectivity index (χ2n) is 7.55. The molecule has 2 aromatic rings. The minimum absolute atomic E-state index is 0.0671. The number of carbonyl (C=O) groups excluding carboxylic acids is 1. The lowest BCUT2D eigenvalue weighted by atomic mass is 9.99. The van der Waals surface area contributed by atoms with E-state index in [4.69, 9.17) is 9.47 Å². The molecule has 0 aromatic carbocycles. The number of hydrogen-bond acceptors (Lipinski definition) is 5. The Hall–Kier alpha value is -2.41. The number of carbonyl (C=O) groups is 1. The van der Waals surface area contributed by atoms with E-state index in [9.17, 15) is 4.79 Å². The van der Waals surface area contributed by atoms with Crippen LogP contribution in [0.5, 0.6) is 5.88 Å². The molecule has 1 amide bonds. The molecular formula is C21H30N4O3. The zero-order chi connectivity index (χ0) is 20.6. The number of nitrogens with zero attached hydrogens (tertiary/aromatic N) is 4. The molecule has 1 aliphatic rings. The molecule has 0 spiro atoms. The first-order chi connectivity index (χ1) is 13.3. The van der Waals surface area contributed by atoms with Gasteiger partial charge in [0.1, 0.15) is 0 Å². The van der Waals surface area contributed by atoms with E-state index in [1.807, 2.05) is 45.4 Å². The summed E-state index contributed by atoms with van der Waals surface area (Å²) in [6, 6.07) is 2.00. The van der Waals surface area contributed by atoms with Crippen LogP contribution in [0.15, 0.2) is 6.07 Å². The highest BCUT2D eigenvalue weighted by molar-refractivity contribution is 5.94. The standard InChI is InChI=1S/C21H30N4O3/c1-8-25-19-15(5)28-14(4)10-16(19)18(23-25)21(26)24(6)11-17-12(2)9-13(3)22-20(17)27-7/h9,14-15H,8,10-11H2,1-7H3/t14-,15+/m1/s1. The molecule has 0 unspecified atom stereocenters. The van der Waals surface area contributed by atoms with Crippen molar-refractivity contribution in [3.63, 3.8) is 0 Å². The third kappa shape index (κ3) is 3.63. The van der Waals surface area contributed by atoms with Gasteiger partial charge in [0, 0.05) is 36.8 Å². The number of aromatic nitrogens is 3. The van der Waals surface area contributed by atoms with Gasteiger partial charge in [-0.1, -0.05) is 0 Å². The van der Waals surface area contributed by atoms with Crippen LogP contribution in [-0.4, -0.2) is 45.8 Å². The SMILES string of the molecule is CCn1nc(C(=O)N(C)Cc2c(C)cc(C)nc2OC)c2c1[C@H](C)O[C@H](C)C2. The predicted octanol–water partition coefficient (Wildman–Crippen LogP) is 3.22. The third-order valence-electron chi connectivity index (χ3n) is 5.28. The normalized spacial score (nSPS) is 18.7. The molecule has 0 saturated heterocycles. The topological polar surface area (TPSA) is 69.5 Å². The summed E-state index contributed by atoms with van der Waals surface area (Å²) in [6.45, 7) is 11.1. The number of methoxy groups -OCH3 is 1. The maximum atomic E-state index is 13.3. The number of amides is 1. The van der Waals surface area contributed by atoms with E-state index < -0.39 is 0 Å². The fourth-order valence-corrected chi connectivity index (χ4v) is 4.01. The maximum absolute atomic E-state index is 13.3. The summed E-state index contributed by atoms with van der Waals surface area (Å²) in [4.78, 5) is 19.4. The Balaban J connectivity index is 1.93. The van der Waals surface area contributed by atoms with Gasteiger partial charge >= 0.3 is 0 Å². The maximum Gasteiger partial charge on any atom is 0.274 e. The van der Waals surface area contributed by atoms with Crippen molar-refractivity contribution in [3.8, 4) is 5.88 Å².